The van der Waals surface area contributed by atoms with E-state index >= 15 is 0 Å². The summed E-state index contributed by atoms with van der Waals surface area (Å²) in [5.41, 5.74) is 6.82. The van der Waals surface area contributed by atoms with Gasteiger partial charge in [0, 0.05) is 24.3 Å². The number of carbonyl (C=O) groups excluding carboxylic acids is 1. The molecule has 148 valence electrons. The van der Waals surface area contributed by atoms with Crippen LogP contribution in [0.15, 0.2) is 48.7 Å². The van der Waals surface area contributed by atoms with Gasteiger partial charge in [-0.15, -0.1) is 24.8 Å². The van der Waals surface area contributed by atoms with Crippen LogP contribution >= 0.6 is 24.8 Å². The lowest BCUT2D eigenvalue weighted by Gasteiger charge is -2.37. The number of hydrogen-bond donors (Lipinski definition) is 2. The van der Waals surface area contributed by atoms with Crippen molar-refractivity contribution >= 4 is 30.7 Å². The van der Waals surface area contributed by atoms with Gasteiger partial charge in [0.05, 0.1) is 5.92 Å². The van der Waals surface area contributed by atoms with Gasteiger partial charge in [-0.1, -0.05) is 37.1 Å². The highest BCUT2D eigenvalue weighted by Gasteiger charge is 2.37. The van der Waals surface area contributed by atoms with Crippen LogP contribution in [0.3, 0.4) is 0 Å². The Morgan fingerprint density at radius 3 is 2.59 bits per heavy atom. The number of pyridine rings is 1. The summed E-state index contributed by atoms with van der Waals surface area (Å²) >= 11 is 0. The van der Waals surface area contributed by atoms with Crippen molar-refractivity contribution in [2.24, 2.45) is 11.7 Å². The average Bonchev–Trinajstić information content (AvgIpc) is 2.61. The fourth-order valence-electron chi connectivity index (χ4n) is 3.29. The molecule has 27 heavy (non-hydrogen) atoms. The van der Waals surface area contributed by atoms with Crippen LogP contribution in [0.4, 0.5) is 0 Å². The Morgan fingerprint density at radius 2 is 1.96 bits per heavy atom. The number of carbonyl (C=O) groups is 1. The normalized spacial score (nSPS) is 21.3. The Hall–Kier alpha value is -1.82. The fraction of sp³-hybridized carbons (Fsp3) is 0.400. The number of aromatic nitrogens is 1. The first kappa shape index (κ1) is 23.2. The minimum atomic E-state index is -0.409. The molecule has 0 saturated heterocycles. The number of benzene rings is 1. The molecule has 0 spiro atoms. The van der Waals surface area contributed by atoms with E-state index in [1.165, 1.54) is 0 Å². The van der Waals surface area contributed by atoms with E-state index < -0.39 is 5.54 Å². The van der Waals surface area contributed by atoms with Crippen LogP contribution in [0.1, 0.15) is 38.2 Å². The zero-order valence-electron chi connectivity index (χ0n) is 15.4. The van der Waals surface area contributed by atoms with Gasteiger partial charge in [0.2, 0.25) is 11.8 Å². The summed E-state index contributed by atoms with van der Waals surface area (Å²) < 4.78 is 5.67. The number of rotatable bonds is 5. The molecule has 3 rings (SSSR count). The van der Waals surface area contributed by atoms with Crippen LogP contribution in [0.5, 0.6) is 11.6 Å². The fourth-order valence-corrected chi connectivity index (χ4v) is 3.29. The number of nitrogens with two attached hydrogens (primary N) is 1. The lowest BCUT2D eigenvalue weighted by Crippen LogP contribution is -2.52. The summed E-state index contributed by atoms with van der Waals surface area (Å²) in [5.74, 6) is 1.20. The van der Waals surface area contributed by atoms with Gasteiger partial charge in [-0.25, -0.2) is 4.98 Å². The topological polar surface area (TPSA) is 77.2 Å². The largest absolute Gasteiger partial charge is 0.439 e. The van der Waals surface area contributed by atoms with Crippen molar-refractivity contribution in [3.8, 4) is 11.6 Å². The van der Waals surface area contributed by atoms with Crippen molar-refractivity contribution in [1.82, 2.24) is 10.3 Å². The quantitative estimate of drug-likeness (QED) is 0.770. The minimum absolute atomic E-state index is 0. The lowest BCUT2D eigenvalue weighted by molar-refractivity contribution is -0.128. The maximum atomic E-state index is 12.5. The predicted molar refractivity (Wildman–Crippen MR) is 112 cm³/mol. The molecule has 0 bridgehead atoms. The maximum absolute atomic E-state index is 12.5. The first-order chi connectivity index (χ1) is 12.0. The van der Waals surface area contributed by atoms with Crippen molar-refractivity contribution in [1.29, 1.82) is 0 Å². The predicted octanol–water partition coefficient (Wildman–Crippen LogP) is 4.24. The molecule has 1 aliphatic carbocycles. The van der Waals surface area contributed by atoms with Gasteiger partial charge in [0.25, 0.3) is 0 Å². The first-order valence-corrected chi connectivity index (χ1v) is 8.79. The molecule has 1 aromatic carbocycles. The Balaban J connectivity index is 0.00000182. The SMILES string of the molecule is CC1(N)CCCCC1C(=O)NCc1ccc(Oc2ccccc2)nc1.Cl.Cl. The second-order valence-electron chi connectivity index (χ2n) is 6.94. The zero-order valence-corrected chi connectivity index (χ0v) is 17.0. The second kappa shape index (κ2) is 10.5. The van der Waals surface area contributed by atoms with Crippen molar-refractivity contribution in [3.63, 3.8) is 0 Å². The minimum Gasteiger partial charge on any atom is -0.439 e. The van der Waals surface area contributed by atoms with Crippen LogP contribution in [-0.4, -0.2) is 16.4 Å². The molecule has 2 unspecified atom stereocenters. The molecule has 0 radical (unpaired) electrons. The summed E-state index contributed by atoms with van der Waals surface area (Å²) in [5, 5.41) is 2.99. The highest BCUT2D eigenvalue weighted by molar-refractivity contribution is 5.85. The van der Waals surface area contributed by atoms with Crippen molar-refractivity contribution in [2.75, 3.05) is 0 Å². The summed E-state index contributed by atoms with van der Waals surface area (Å²) in [6, 6.07) is 13.2. The van der Waals surface area contributed by atoms with Crippen LogP contribution in [0.2, 0.25) is 0 Å². The van der Waals surface area contributed by atoms with Crippen molar-refractivity contribution in [3.05, 3.63) is 54.2 Å². The molecule has 1 aliphatic rings. The number of halogens is 2. The molecule has 2 atom stereocenters. The number of nitrogens with one attached hydrogen (secondary N) is 1. The molecule has 1 saturated carbocycles. The van der Waals surface area contributed by atoms with E-state index in [2.05, 4.69) is 10.3 Å². The number of ether oxygens (including phenoxy) is 1. The number of hydrogen-bond acceptors (Lipinski definition) is 4. The molecule has 7 heteroatoms. The standard InChI is InChI=1S/C20H25N3O2.2ClH/c1-20(21)12-6-5-9-17(20)19(24)23-14-15-10-11-18(22-13-15)25-16-7-3-2-4-8-16;;/h2-4,7-8,10-11,13,17H,5-6,9,12,14,21H2,1H3,(H,23,24);2*1H. The summed E-state index contributed by atoms with van der Waals surface area (Å²) in [4.78, 5) is 16.8. The molecule has 2 aromatic rings. The molecule has 1 heterocycles. The van der Waals surface area contributed by atoms with Gasteiger partial charge >= 0.3 is 0 Å². The van der Waals surface area contributed by atoms with E-state index in [1.807, 2.05) is 49.4 Å². The average molecular weight is 412 g/mol. The molecule has 5 nitrogen and oxygen atoms in total. The van der Waals surface area contributed by atoms with Gasteiger partial charge < -0.3 is 15.8 Å². The Kier molecular flexibility index (Phi) is 9.03. The van der Waals surface area contributed by atoms with Gasteiger partial charge in [-0.3, -0.25) is 4.79 Å². The molecule has 1 fully saturated rings. The van der Waals surface area contributed by atoms with E-state index in [4.69, 9.17) is 10.5 Å². The Morgan fingerprint density at radius 1 is 1.22 bits per heavy atom. The van der Waals surface area contributed by atoms with E-state index in [-0.39, 0.29) is 36.6 Å². The summed E-state index contributed by atoms with van der Waals surface area (Å²) in [7, 11) is 0. The third-order valence-electron chi connectivity index (χ3n) is 4.80. The monoisotopic (exact) mass is 411 g/mol. The van der Waals surface area contributed by atoms with Crippen LogP contribution in [0.25, 0.3) is 0 Å². The first-order valence-electron chi connectivity index (χ1n) is 8.79. The number of amides is 1. The molecule has 1 amide bonds. The third kappa shape index (κ3) is 6.38. The van der Waals surface area contributed by atoms with E-state index in [0.29, 0.717) is 12.4 Å². The van der Waals surface area contributed by atoms with Gasteiger partial charge in [-0.2, -0.15) is 0 Å². The smallest absolute Gasteiger partial charge is 0.225 e. The van der Waals surface area contributed by atoms with Crippen LogP contribution in [-0.2, 0) is 11.3 Å². The second-order valence-corrected chi connectivity index (χ2v) is 6.94. The molecule has 0 aliphatic heterocycles. The summed E-state index contributed by atoms with van der Waals surface area (Å²) in [6.45, 7) is 2.43. The highest BCUT2D eigenvalue weighted by Crippen LogP contribution is 2.31. The van der Waals surface area contributed by atoms with Crippen molar-refractivity contribution < 1.29 is 9.53 Å². The van der Waals surface area contributed by atoms with Crippen molar-refractivity contribution in [2.45, 2.75) is 44.7 Å². The molecular formula is C20H27Cl2N3O2. The summed E-state index contributed by atoms with van der Waals surface area (Å²) in [6.07, 6.45) is 5.65. The highest BCUT2D eigenvalue weighted by atomic mass is 35.5. The lowest BCUT2D eigenvalue weighted by atomic mass is 9.74. The van der Waals surface area contributed by atoms with Gasteiger partial charge in [-0.05, 0) is 37.5 Å². The molecule has 3 N–H and O–H groups in total. The van der Waals surface area contributed by atoms with E-state index in [0.717, 1.165) is 37.0 Å². The van der Waals surface area contributed by atoms with E-state index in [9.17, 15) is 4.79 Å². The van der Waals surface area contributed by atoms with Gasteiger partial charge in [0.15, 0.2) is 0 Å². The number of para-hydroxylation sites is 1. The third-order valence-corrected chi connectivity index (χ3v) is 4.80. The molecule has 1 aromatic heterocycles. The maximum Gasteiger partial charge on any atom is 0.225 e. The van der Waals surface area contributed by atoms with Crippen LogP contribution in [0, 0.1) is 5.92 Å². The molecular weight excluding hydrogens is 385 g/mol. The van der Waals surface area contributed by atoms with Gasteiger partial charge in [0.1, 0.15) is 5.75 Å². The van der Waals surface area contributed by atoms with Crippen LogP contribution < -0.4 is 15.8 Å². The Bertz CT molecular complexity index is 709. The zero-order chi connectivity index (χ0) is 17.7. The number of nitrogens with zero attached hydrogens (tertiary/aromatic N) is 1. The van der Waals surface area contributed by atoms with E-state index in [1.54, 1.807) is 6.20 Å². The Labute approximate surface area is 172 Å².